The summed E-state index contributed by atoms with van der Waals surface area (Å²) in [6, 6.07) is 8.21. The van der Waals surface area contributed by atoms with Gasteiger partial charge in [-0.3, -0.25) is 0 Å². The molecule has 2 aromatic heterocycles. The summed E-state index contributed by atoms with van der Waals surface area (Å²) in [6.07, 6.45) is 2.01. The molecule has 0 unspecified atom stereocenters. The van der Waals surface area contributed by atoms with Crippen LogP contribution in [0.2, 0.25) is 0 Å². The van der Waals surface area contributed by atoms with E-state index < -0.39 is 0 Å². The fourth-order valence-electron chi connectivity index (χ4n) is 2.14. The van der Waals surface area contributed by atoms with E-state index in [1.807, 2.05) is 18.3 Å². The minimum atomic E-state index is -0.271. The van der Waals surface area contributed by atoms with E-state index in [1.165, 1.54) is 10.9 Å². The summed E-state index contributed by atoms with van der Waals surface area (Å²) in [6.45, 7) is 4.18. The van der Waals surface area contributed by atoms with Crippen LogP contribution in [-0.2, 0) is 5.41 Å². The smallest absolute Gasteiger partial charge is 0.184 e. The number of rotatable bonds is 2. The van der Waals surface area contributed by atoms with Crippen LogP contribution >= 0.6 is 0 Å². The molecule has 0 saturated carbocycles. The Bertz CT molecular complexity index is 636. The van der Waals surface area contributed by atoms with Crippen LogP contribution in [0.25, 0.3) is 10.9 Å². The van der Waals surface area contributed by atoms with Crippen LogP contribution in [0.15, 0.2) is 30.5 Å². The summed E-state index contributed by atoms with van der Waals surface area (Å²) in [5.74, 6) is 0.697. The second-order valence-corrected chi connectivity index (χ2v) is 4.61. The van der Waals surface area contributed by atoms with Crippen LogP contribution in [0.3, 0.4) is 0 Å². The van der Waals surface area contributed by atoms with Crippen molar-refractivity contribution in [2.45, 2.75) is 19.3 Å². The van der Waals surface area contributed by atoms with Gasteiger partial charge in [-0.1, -0.05) is 23.4 Å². The van der Waals surface area contributed by atoms with Gasteiger partial charge in [0.25, 0.3) is 0 Å². The van der Waals surface area contributed by atoms with Gasteiger partial charge in [-0.2, -0.15) is 5.21 Å². The molecule has 2 heterocycles. The molecule has 5 nitrogen and oxygen atoms in total. The second kappa shape index (κ2) is 3.41. The summed E-state index contributed by atoms with van der Waals surface area (Å²) < 4.78 is 0. The molecule has 0 amide bonds. The zero-order valence-corrected chi connectivity index (χ0v) is 9.73. The van der Waals surface area contributed by atoms with Crippen molar-refractivity contribution in [2.24, 2.45) is 0 Å². The van der Waals surface area contributed by atoms with Gasteiger partial charge in [-0.05, 0) is 25.5 Å². The third-order valence-corrected chi connectivity index (χ3v) is 3.17. The highest BCUT2D eigenvalue weighted by atomic mass is 15.5. The number of nitrogens with zero attached hydrogens (tertiary/aromatic N) is 3. The molecular formula is C12H13N5. The van der Waals surface area contributed by atoms with Crippen molar-refractivity contribution >= 4 is 10.9 Å². The Labute approximate surface area is 98.2 Å². The maximum Gasteiger partial charge on any atom is 0.184 e. The Balaban J connectivity index is 2.22. The molecule has 3 rings (SSSR count). The number of H-pyrrole nitrogens is 2. The molecular weight excluding hydrogens is 214 g/mol. The predicted molar refractivity (Wildman–Crippen MR) is 64.6 cm³/mol. The lowest BCUT2D eigenvalue weighted by Gasteiger charge is -2.19. The van der Waals surface area contributed by atoms with Gasteiger partial charge in [-0.15, -0.1) is 10.2 Å². The van der Waals surface area contributed by atoms with Crippen LogP contribution in [0, 0.1) is 0 Å². The third kappa shape index (κ3) is 1.43. The van der Waals surface area contributed by atoms with E-state index in [9.17, 15) is 0 Å². The quantitative estimate of drug-likeness (QED) is 0.703. The molecule has 0 bridgehead atoms. The van der Waals surface area contributed by atoms with Gasteiger partial charge < -0.3 is 4.98 Å². The molecule has 0 radical (unpaired) electrons. The van der Waals surface area contributed by atoms with Crippen LogP contribution in [0.1, 0.15) is 25.2 Å². The molecule has 0 aliphatic carbocycles. The first-order valence-corrected chi connectivity index (χ1v) is 5.50. The molecule has 5 heteroatoms. The van der Waals surface area contributed by atoms with E-state index in [2.05, 4.69) is 51.6 Å². The topological polar surface area (TPSA) is 70.2 Å². The molecule has 3 aromatic rings. The van der Waals surface area contributed by atoms with Crippen molar-refractivity contribution in [3.8, 4) is 0 Å². The zero-order chi connectivity index (χ0) is 11.9. The monoisotopic (exact) mass is 227 g/mol. The van der Waals surface area contributed by atoms with Gasteiger partial charge in [0.1, 0.15) is 0 Å². The van der Waals surface area contributed by atoms with Crippen molar-refractivity contribution in [2.75, 3.05) is 0 Å². The molecule has 17 heavy (non-hydrogen) atoms. The van der Waals surface area contributed by atoms with Gasteiger partial charge in [0, 0.05) is 17.1 Å². The Kier molecular flexibility index (Phi) is 2.01. The fraction of sp³-hybridized carbons (Fsp3) is 0.250. The molecule has 0 aliphatic rings. The van der Waals surface area contributed by atoms with E-state index >= 15 is 0 Å². The standard InChI is InChI=1S/C12H13N5/c1-12(2,11-14-16-17-15-11)9-7-13-10-6-4-3-5-8(9)10/h3-7,13H,1-2H3,(H,14,15,16,17). The number of para-hydroxylation sites is 1. The highest BCUT2D eigenvalue weighted by Gasteiger charge is 2.30. The van der Waals surface area contributed by atoms with Crippen molar-refractivity contribution < 1.29 is 0 Å². The third-order valence-electron chi connectivity index (χ3n) is 3.17. The molecule has 2 N–H and O–H groups in total. The van der Waals surface area contributed by atoms with Gasteiger partial charge in [0.05, 0.1) is 5.41 Å². The normalized spacial score (nSPS) is 12.1. The molecule has 0 spiro atoms. The average Bonchev–Trinajstić information content (AvgIpc) is 2.99. The number of tetrazole rings is 1. The number of hydrogen-bond acceptors (Lipinski definition) is 3. The first-order chi connectivity index (χ1) is 8.19. The van der Waals surface area contributed by atoms with Crippen molar-refractivity contribution in [3.63, 3.8) is 0 Å². The number of benzene rings is 1. The Morgan fingerprint density at radius 3 is 2.76 bits per heavy atom. The maximum atomic E-state index is 4.09. The summed E-state index contributed by atoms with van der Waals surface area (Å²) in [5.41, 5.74) is 2.03. The van der Waals surface area contributed by atoms with Crippen LogP contribution in [0.4, 0.5) is 0 Å². The number of nitrogens with one attached hydrogen (secondary N) is 2. The van der Waals surface area contributed by atoms with Crippen LogP contribution in [-0.4, -0.2) is 25.6 Å². The summed E-state index contributed by atoms with van der Waals surface area (Å²) in [4.78, 5) is 3.27. The lowest BCUT2D eigenvalue weighted by molar-refractivity contribution is 0.596. The van der Waals surface area contributed by atoms with E-state index in [1.54, 1.807) is 0 Å². The lowest BCUT2D eigenvalue weighted by Crippen LogP contribution is -2.20. The average molecular weight is 227 g/mol. The first kappa shape index (κ1) is 10.0. The fourth-order valence-corrected chi connectivity index (χ4v) is 2.14. The SMILES string of the molecule is CC(C)(c1nn[nH]n1)c1c[nH]c2ccccc12. The highest BCUT2D eigenvalue weighted by molar-refractivity contribution is 5.84. The minimum absolute atomic E-state index is 0.271. The summed E-state index contributed by atoms with van der Waals surface area (Å²) >= 11 is 0. The van der Waals surface area contributed by atoms with Gasteiger partial charge >= 0.3 is 0 Å². The van der Waals surface area contributed by atoms with Crippen LogP contribution < -0.4 is 0 Å². The second-order valence-electron chi connectivity index (χ2n) is 4.61. The van der Waals surface area contributed by atoms with Gasteiger partial charge in [0.15, 0.2) is 5.82 Å². The summed E-state index contributed by atoms with van der Waals surface area (Å²) in [7, 11) is 0. The first-order valence-electron chi connectivity index (χ1n) is 5.50. The Hall–Kier alpha value is -2.17. The van der Waals surface area contributed by atoms with Crippen LogP contribution in [0.5, 0.6) is 0 Å². The van der Waals surface area contributed by atoms with Crippen molar-refractivity contribution in [1.29, 1.82) is 0 Å². The lowest BCUT2D eigenvalue weighted by atomic mass is 9.84. The van der Waals surface area contributed by atoms with Crippen molar-refractivity contribution in [3.05, 3.63) is 41.9 Å². The molecule has 1 aromatic carbocycles. The molecule has 0 atom stereocenters. The molecule has 86 valence electrons. The molecule has 0 fully saturated rings. The van der Waals surface area contributed by atoms with E-state index in [0.717, 1.165) is 5.52 Å². The van der Waals surface area contributed by atoms with E-state index in [-0.39, 0.29) is 5.41 Å². The number of hydrogen-bond donors (Lipinski definition) is 2. The maximum absolute atomic E-state index is 4.09. The largest absolute Gasteiger partial charge is 0.361 e. The van der Waals surface area contributed by atoms with Gasteiger partial charge in [0.2, 0.25) is 0 Å². The number of fused-ring (bicyclic) bond motifs is 1. The zero-order valence-electron chi connectivity index (χ0n) is 9.73. The highest BCUT2D eigenvalue weighted by Crippen LogP contribution is 2.33. The van der Waals surface area contributed by atoms with Gasteiger partial charge in [-0.25, -0.2) is 0 Å². The van der Waals surface area contributed by atoms with E-state index in [0.29, 0.717) is 5.82 Å². The molecule has 0 aliphatic heterocycles. The molecule has 0 saturated heterocycles. The minimum Gasteiger partial charge on any atom is -0.361 e. The number of aromatic nitrogens is 5. The number of aromatic amines is 2. The Morgan fingerprint density at radius 1 is 1.18 bits per heavy atom. The Morgan fingerprint density at radius 2 is 2.00 bits per heavy atom. The summed E-state index contributed by atoms with van der Waals surface area (Å²) in [5, 5.41) is 15.5. The predicted octanol–water partition coefficient (Wildman–Crippen LogP) is 2.01. The van der Waals surface area contributed by atoms with E-state index in [4.69, 9.17) is 0 Å². The van der Waals surface area contributed by atoms with Crippen molar-refractivity contribution in [1.82, 2.24) is 25.6 Å².